The lowest BCUT2D eigenvalue weighted by Crippen LogP contribution is -2.02. The summed E-state index contributed by atoms with van der Waals surface area (Å²) in [7, 11) is 1.67. The fourth-order valence-electron chi connectivity index (χ4n) is 2.84. The fraction of sp³-hybridized carbons (Fsp3) is 0.100. The van der Waals surface area contributed by atoms with Crippen LogP contribution in [0.2, 0.25) is 0 Å². The van der Waals surface area contributed by atoms with Gasteiger partial charge in [-0.1, -0.05) is 18.2 Å². The van der Waals surface area contributed by atoms with Crippen LogP contribution in [0.5, 0.6) is 5.75 Å². The topological polar surface area (TPSA) is 62.8 Å². The SMILES string of the molecule is COc1cccc(CNc2cccc(-c3ccnc4[nH]ccc34)n2)c1. The van der Waals surface area contributed by atoms with Crippen molar-refractivity contribution in [2.75, 3.05) is 12.4 Å². The second-order valence-corrected chi connectivity index (χ2v) is 5.71. The molecule has 0 bridgehead atoms. The van der Waals surface area contributed by atoms with Crippen molar-refractivity contribution < 1.29 is 4.74 Å². The number of aromatic amines is 1. The van der Waals surface area contributed by atoms with Gasteiger partial charge in [0.25, 0.3) is 0 Å². The molecular formula is C20H18N4O. The van der Waals surface area contributed by atoms with E-state index in [4.69, 9.17) is 9.72 Å². The van der Waals surface area contributed by atoms with E-state index in [0.29, 0.717) is 6.54 Å². The zero-order valence-corrected chi connectivity index (χ0v) is 13.9. The summed E-state index contributed by atoms with van der Waals surface area (Å²) in [6, 6.07) is 18.0. The molecule has 0 amide bonds. The van der Waals surface area contributed by atoms with E-state index in [9.17, 15) is 0 Å². The van der Waals surface area contributed by atoms with Gasteiger partial charge in [0.2, 0.25) is 0 Å². The molecule has 0 saturated carbocycles. The van der Waals surface area contributed by atoms with Gasteiger partial charge < -0.3 is 15.0 Å². The maximum Gasteiger partial charge on any atom is 0.137 e. The van der Waals surface area contributed by atoms with Crippen molar-refractivity contribution in [1.29, 1.82) is 0 Å². The summed E-state index contributed by atoms with van der Waals surface area (Å²) >= 11 is 0. The highest BCUT2D eigenvalue weighted by Gasteiger charge is 2.07. The molecule has 5 heteroatoms. The Morgan fingerprint density at radius 3 is 2.92 bits per heavy atom. The molecule has 0 saturated heterocycles. The predicted molar refractivity (Wildman–Crippen MR) is 99.6 cm³/mol. The number of nitrogens with one attached hydrogen (secondary N) is 2. The van der Waals surface area contributed by atoms with Crippen LogP contribution in [0.25, 0.3) is 22.3 Å². The van der Waals surface area contributed by atoms with Gasteiger partial charge in [-0.2, -0.15) is 0 Å². The summed E-state index contributed by atoms with van der Waals surface area (Å²) in [4.78, 5) is 12.2. The summed E-state index contributed by atoms with van der Waals surface area (Å²) in [5, 5.41) is 4.44. The highest BCUT2D eigenvalue weighted by molar-refractivity contribution is 5.91. The molecule has 0 atom stereocenters. The number of benzene rings is 1. The molecule has 1 aromatic carbocycles. The highest BCUT2D eigenvalue weighted by atomic mass is 16.5. The number of nitrogens with zero attached hydrogens (tertiary/aromatic N) is 2. The number of hydrogen-bond acceptors (Lipinski definition) is 4. The zero-order valence-electron chi connectivity index (χ0n) is 13.9. The largest absolute Gasteiger partial charge is 0.497 e. The summed E-state index contributed by atoms with van der Waals surface area (Å²) < 4.78 is 5.26. The van der Waals surface area contributed by atoms with Gasteiger partial charge >= 0.3 is 0 Å². The van der Waals surface area contributed by atoms with E-state index < -0.39 is 0 Å². The third-order valence-electron chi connectivity index (χ3n) is 4.09. The van der Waals surface area contributed by atoms with Crippen LogP contribution in [0.4, 0.5) is 5.82 Å². The van der Waals surface area contributed by atoms with Crippen molar-refractivity contribution in [3.05, 3.63) is 72.6 Å². The van der Waals surface area contributed by atoms with Crippen molar-refractivity contribution in [2.24, 2.45) is 0 Å². The van der Waals surface area contributed by atoms with Crippen molar-refractivity contribution >= 4 is 16.9 Å². The molecule has 5 nitrogen and oxygen atoms in total. The van der Waals surface area contributed by atoms with Gasteiger partial charge in [0.05, 0.1) is 12.8 Å². The van der Waals surface area contributed by atoms with Gasteiger partial charge in [0.15, 0.2) is 0 Å². The maximum absolute atomic E-state index is 5.26. The number of anilines is 1. The Kier molecular flexibility index (Phi) is 4.04. The number of H-pyrrole nitrogens is 1. The third-order valence-corrected chi connectivity index (χ3v) is 4.09. The van der Waals surface area contributed by atoms with Crippen LogP contribution in [-0.4, -0.2) is 22.1 Å². The monoisotopic (exact) mass is 330 g/mol. The van der Waals surface area contributed by atoms with E-state index >= 15 is 0 Å². The Bertz CT molecular complexity index is 1010. The Morgan fingerprint density at radius 2 is 2.00 bits per heavy atom. The minimum absolute atomic E-state index is 0.684. The normalized spacial score (nSPS) is 10.8. The predicted octanol–water partition coefficient (Wildman–Crippen LogP) is 4.25. The van der Waals surface area contributed by atoms with Crippen molar-refractivity contribution in [3.63, 3.8) is 0 Å². The molecule has 0 aliphatic heterocycles. The van der Waals surface area contributed by atoms with E-state index in [1.54, 1.807) is 13.3 Å². The first kappa shape index (κ1) is 15.2. The third kappa shape index (κ3) is 3.17. The summed E-state index contributed by atoms with van der Waals surface area (Å²) in [5.74, 6) is 1.69. The molecule has 4 rings (SSSR count). The minimum Gasteiger partial charge on any atom is -0.497 e. The van der Waals surface area contributed by atoms with Crippen molar-refractivity contribution in [1.82, 2.24) is 15.0 Å². The molecule has 25 heavy (non-hydrogen) atoms. The van der Waals surface area contributed by atoms with Gasteiger partial charge in [-0.25, -0.2) is 9.97 Å². The number of methoxy groups -OCH3 is 1. The Labute approximate surface area is 145 Å². The number of hydrogen-bond donors (Lipinski definition) is 2. The van der Waals surface area contributed by atoms with Gasteiger partial charge in [-0.15, -0.1) is 0 Å². The highest BCUT2D eigenvalue weighted by Crippen LogP contribution is 2.26. The van der Waals surface area contributed by atoms with Crippen LogP contribution >= 0.6 is 0 Å². The van der Waals surface area contributed by atoms with Gasteiger partial charge in [0, 0.05) is 29.9 Å². The average molecular weight is 330 g/mol. The Hall–Kier alpha value is -3.34. The first-order valence-corrected chi connectivity index (χ1v) is 8.10. The maximum atomic E-state index is 5.26. The summed E-state index contributed by atoms with van der Waals surface area (Å²) in [6.07, 6.45) is 3.69. The molecule has 0 fully saturated rings. The van der Waals surface area contributed by atoms with Crippen LogP contribution in [-0.2, 0) is 6.54 Å². The Balaban J connectivity index is 1.58. The molecule has 0 aliphatic carbocycles. The first-order chi connectivity index (χ1) is 12.3. The summed E-state index contributed by atoms with van der Waals surface area (Å²) in [5.41, 5.74) is 4.00. The van der Waals surface area contributed by atoms with Crippen LogP contribution < -0.4 is 10.1 Å². The van der Waals surface area contributed by atoms with Gasteiger partial charge in [-0.05, 0) is 42.0 Å². The van der Waals surface area contributed by atoms with Crippen molar-refractivity contribution in [3.8, 4) is 17.0 Å². The number of rotatable bonds is 5. The lowest BCUT2D eigenvalue weighted by atomic mass is 10.1. The molecule has 2 N–H and O–H groups in total. The second-order valence-electron chi connectivity index (χ2n) is 5.71. The van der Waals surface area contributed by atoms with E-state index in [2.05, 4.69) is 21.4 Å². The van der Waals surface area contributed by atoms with E-state index in [0.717, 1.165) is 39.4 Å². The number of aromatic nitrogens is 3. The van der Waals surface area contributed by atoms with Crippen LogP contribution in [0.15, 0.2) is 67.0 Å². The van der Waals surface area contributed by atoms with Gasteiger partial charge in [-0.3, -0.25) is 0 Å². The standard InChI is InChI=1S/C20H18N4O/c1-25-15-5-2-4-14(12-15)13-23-19-7-3-6-18(24-19)16-8-10-21-20-17(16)9-11-22-20/h2-12H,13H2,1H3,(H,21,22)(H,23,24). The second kappa shape index (κ2) is 6.65. The first-order valence-electron chi connectivity index (χ1n) is 8.10. The summed E-state index contributed by atoms with van der Waals surface area (Å²) in [6.45, 7) is 0.684. The van der Waals surface area contributed by atoms with E-state index in [-0.39, 0.29) is 0 Å². The minimum atomic E-state index is 0.684. The molecule has 3 aromatic heterocycles. The van der Waals surface area contributed by atoms with E-state index in [1.165, 1.54) is 0 Å². The number of pyridine rings is 2. The lowest BCUT2D eigenvalue weighted by Gasteiger charge is -2.09. The zero-order chi connectivity index (χ0) is 17.1. The molecule has 4 aromatic rings. The lowest BCUT2D eigenvalue weighted by molar-refractivity contribution is 0.414. The smallest absolute Gasteiger partial charge is 0.137 e. The quantitative estimate of drug-likeness (QED) is 0.574. The molecule has 0 unspecified atom stereocenters. The van der Waals surface area contributed by atoms with Crippen molar-refractivity contribution in [2.45, 2.75) is 6.54 Å². The fourth-order valence-corrected chi connectivity index (χ4v) is 2.84. The molecule has 3 heterocycles. The van der Waals surface area contributed by atoms with Crippen LogP contribution in [0.3, 0.4) is 0 Å². The van der Waals surface area contributed by atoms with Gasteiger partial charge in [0.1, 0.15) is 17.2 Å². The van der Waals surface area contributed by atoms with Crippen LogP contribution in [0, 0.1) is 0 Å². The molecular weight excluding hydrogens is 312 g/mol. The van der Waals surface area contributed by atoms with Crippen LogP contribution in [0.1, 0.15) is 5.56 Å². The molecule has 0 radical (unpaired) electrons. The number of fused-ring (bicyclic) bond motifs is 1. The molecule has 0 spiro atoms. The molecule has 0 aliphatic rings. The average Bonchev–Trinajstić information content (AvgIpc) is 3.15. The van der Waals surface area contributed by atoms with E-state index in [1.807, 2.05) is 54.7 Å². The number of ether oxygens (including phenoxy) is 1. The molecule has 124 valence electrons. The Morgan fingerprint density at radius 1 is 1.08 bits per heavy atom.